The Balaban J connectivity index is 1.69. The summed E-state index contributed by atoms with van der Waals surface area (Å²) in [4.78, 5) is 16.4. The molecule has 104 valence electrons. The summed E-state index contributed by atoms with van der Waals surface area (Å²) < 4.78 is 0. The van der Waals surface area contributed by atoms with Crippen LogP contribution in [0.4, 0.5) is 4.79 Å². The van der Waals surface area contributed by atoms with Crippen molar-refractivity contribution >= 4 is 6.03 Å². The van der Waals surface area contributed by atoms with E-state index in [4.69, 9.17) is 0 Å². The van der Waals surface area contributed by atoms with E-state index in [0.717, 1.165) is 26.2 Å². The maximum Gasteiger partial charge on any atom is 0.317 e. The van der Waals surface area contributed by atoms with Crippen molar-refractivity contribution in [1.82, 2.24) is 15.1 Å². The first-order chi connectivity index (χ1) is 8.74. The van der Waals surface area contributed by atoms with Gasteiger partial charge in [0, 0.05) is 25.2 Å². The van der Waals surface area contributed by atoms with Crippen LogP contribution in [0.5, 0.6) is 0 Å². The van der Waals surface area contributed by atoms with Gasteiger partial charge < -0.3 is 10.2 Å². The first-order valence-corrected chi connectivity index (χ1v) is 7.54. The molecule has 4 heteroatoms. The molecule has 0 bridgehead atoms. The van der Waals surface area contributed by atoms with Crippen LogP contribution in [0.1, 0.15) is 46.0 Å². The van der Waals surface area contributed by atoms with E-state index in [-0.39, 0.29) is 6.03 Å². The summed E-state index contributed by atoms with van der Waals surface area (Å²) in [5.41, 5.74) is 0. The van der Waals surface area contributed by atoms with Gasteiger partial charge in [0.05, 0.1) is 0 Å². The van der Waals surface area contributed by atoms with Crippen LogP contribution in [-0.4, -0.2) is 54.1 Å². The van der Waals surface area contributed by atoms with Crippen molar-refractivity contribution in [3.05, 3.63) is 0 Å². The molecule has 2 amide bonds. The zero-order valence-electron chi connectivity index (χ0n) is 11.8. The minimum absolute atomic E-state index is 0.158. The van der Waals surface area contributed by atoms with Crippen LogP contribution in [0.3, 0.4) is 0 Å². The molecule has 0 aromatic heterocycles. The van der Waals surface area contributed by atoms with Gasteiger partial charge in [0.1, 0.15) is 0 Å². The van der Waals surface area contributed by atoms with Crippen LogP contribution in [0, 0.1) is 0 Å². The quantitative estimate of drug-likeness (QED) is 0.832. The molecule has 2 fully saturated rings. The number of carbonyl (C=O) groups is 1. The molecule has 2 rings (SSSR count). The number of urea groups is 1. The van der Waals surface area contributed by atoms with Crippen molar-refractivity contribution in [1.29, 1.82) is 0 Å². The normalized spacial score (nSPS) is 22.1. The molecular weight excluding hydrogens is 226 g/mol. The molecule has 0 radical (unpaired) electrons. The molecule has 1 aliphatic heterocycles. The third kappa shape index (κ3) is 3.16. The number of carbonyl (C=O) groups excluding carboxylic acids is 1. The largest absolute Gasteiger partial charge is 0.335 e. The van der Waals surface area contributed by atoms with Gasteiger partial charge in [-0.05, 0) is 25.9 Å². The summed E-state index contributed by atoms with van der Waals surface area (Å²) in [5.74, 6) is 0. The summed E-state index contributed by atoms with van der Waals surface area (Å²) in [6.07, 6.45) is 6.21. The zero-order valence-corrected chi connectivity index (χ0v) is 11.8. The Bertz CT molecular complexity index is 266. The molecule has 0 spiro atoms. The molecule has 1 N–H and O–H groups in total. The number of rotatable bonds is 4. The third-order valence-corrected chi connectivity index (χ3v) is 4.41. The average Bonchev–Trinajstić information content (AvgIpc) is 2.34. The smallest absolute Gasteiger partial charge is 0.317 e. The van der Waals surface area contributed by atoms with Crippen LogP contribution < -0.4 is 5.32 Å². The minimum atomic E-state index is 0.158. The lowest BCUT2D eigenvalue weighted by Crippen LogP contribution is -2.63. The lowest BCUT2D eigenvalue weighted by atomic mass is 9.95. The van der Waals surface area contributed by atoms with Gasteiger partial charge in [0.2, 0.25) is 0 Å². The first kappa shape index (κ1) is 13.7. The molecule has 1 aliphatic carbocycles. The van der Waals surface area contributed by atoms with Crippen molar-refractivity contribution in [3.8, 4) is 0 Å². The molecule has 1 heterocycles. The Kier molecular flexibility index (Phi) is 4.87. The number of nitrogens with zero attached hydrogens (tertiary/aromatic N) is 2. The van der Waals surface area contributed by atoms with Gasteiger partial charge in [-0.25, -0.2) is 4.79 Å². The highest BCUT2D eigenvalue weighted by molar-refractivity contribution is 5.75. The number of likely N-dealkylation sites (tertiary alicyclic amines) is 1. The molecule has 1 saturated carbocycles. The van der Waals surface area contributed by atoms with E-state index in [2.05, 4.69) is 24.1 Å². The molecular formula is C14H27N3O. The van der Waals surface area contributed by atoms with Crippen LogP contribution in [0.25, 0.3) is 0 Å². The van der Waals surface area contributed by atoms with Crippen LogP contribution in [0.15, 0.2) is 0 Å². The monoisotopic (exact) mass is 253 g/mol. The van der Waals surface area contributed by atoms with Crippen LogP contribution in [0.2, 0.25) is 0 Å². The summed E-state index contributed by atoms with van der Waals surface area (Å²) in [7, 11) is 0. The van der Waals surface area contributed by atoms with Gasteiger partial charge in [0.15, 0.2) is 0 Å². The maximum absolute atomic E-state index is 12.0. The highest BCUT2D eigenvalue weighted by Crippen LogP contribution is 2.19. The fourth-order valence-electron chi connectivity index (χ4n) is 3.10. The van der Waals surface area contributed by atoms with E-state index < -0.39 is 0 Å². The Morgan fingerprint density at radius 3 is 2.33 bits per heavy atom. The second-order valence-corrected chi connectivity index (χ2v) is 5.56. The molecule has 4 nitrogen and oxygen atoms in total. The van der Waals surface area contributed by atoms with Crippen molar-refractivity contribution in [2.45, 2.75) is 58.0 Å². The lowest BCUT2D eigenvalue weighted by Gasteiger charge is -2.45. The van der Waals surface area contributed by atoms with E-state index in [1.807, 2.05) is 4.90 Å². The number of hydrogen-bond acceptors (Lipinski definition) is 2. The second-order valence-electron chi connectivity index (χ2n) is 5.56. The van der Waals surface area contributed by atoms with Gasteiger partial charge in [-0.2, -0.15) is 0 Å². The number of likely N-dealkylation sites (N-methyl/N-ethyl adjacent to an activating group) is 1. The first-order valence-electron chi connectivity index (χ1n) is 7.54. The van der Waals surface area contributed by atoms with Gasteiger partial charge in [-0.3, -0.25) is 4.90 Å². The van der Waals surface area contributed by atoms with Gasteiger partial charge in [0.25, 0.3) is 0 Å². The van der Waals surface area contributed by atoms with E-state index >= 15 is 0 Å². The Morgan fingerprint density at radius 2 is 1.78 bits per heavy atom. The van der Waals surface area contributed by atoms with E-state index in [9.17, 15) is 4.79 Å². The molecule has 1 saturated heterocycles. The Hall–Kier alpha value is -0.770. The van der Waals surface area contributed by atoms with E-state index in [1.165, 1.54) is 32.1 Å². The van der Waals surface area contributed by atoms with Crippen LogP contribution in [-0.2, 0) is 0 Å². The van der Waals surface area contributed by atoms with E-state index in [0.29, 0.717) is 12.1 Å². The third-order valence-electron chi connectivity index (χ3n) is 4.41. The fourth-order valence-corrected chi connectivity index (χ4v) is 3.10. The standard InChI is InChI=1S/C14H27N3O/c1-3-16(4-2)13-10-17(11-13)14(18)15-12-8-6-5-7-9-12/h12-13H,3-11H2,1-2H3,(H,15,18). The molecule has 0 unspecified atom stereocenters. The molecule has 0 aromatic carbocycles. The number of nitrogens with one attached hydrogen (secondary N) is 1. The van der Waals surface area contributed by atoms with Crippen molar-refractivity contribution in [3.63, 3.8) is 0 Å². The number of amides is 2. The van der Waals surface area contributed by atoms with E-state index in [1.54, 1.807) is 0 Å². The predicted octanol–water partition coefficient (Wildman–Crippen LogP) is 2.05. The minimum Gasteiger partial charge on any atom is -0.335 e. The van der Waals surface area contributed by atoms with Crippen molar-refractivity contribution in [2.24, 2.45) is 0 Å². The second kappa shape index (κ2) is 6.41. The predicted molar refractivity (Wildman–Crippen MR) is 73.7 cm³/mol. The summed E-state index contributed by atoms with van der Waals surface area (Å²) in [5, 5.41) is 3.18. The highest BCUT2D eigenvalue weighted by Gasteiger charge is 2.34. The SMILES string of the molecule is CCN(CC)C1CN(C(=O)NC2CCCCC2)C1. The zero-order chi connectivity index (χ0) is 13.0. The Labute approximate surface area is 111 Å². The Morgan fingerprint density at radius 1 is 1.17 bits per heavy atom. The van der Waals surface area contributed by atoms with Crippen LogP contribution >= 0.6 is 0 Å². The average molecular weight is 253 g/mol. The summed E-state index contributed by atoms with van der Waals surface area (Å²) in [6.45, 7) is 8.35. The molecule has 2 aliphatic rings. The highest BCUT2D eigenvalue weighted by atomic mass is 16.2. The van der Waals surface area contributed by atoms with Gasteiger partial charge in [-0.1, -0.05) is 33.1 Å². The van der Waals surface area contributed by atoms with Crippen molar-refractivity contribution in [2.75, 3.05) is 26.2 Å². The number of hydrogen-bond donors (Lipinski definition) is 1. The summed E-state index contributed by atoms with van der Waals surface area (Å²) >= 11 is 0. The summed E-state index contributed by atoms with van der Waals surface area (Å²) in [6, 6.07) is 1.17. The lowest BCUT2D eigenvalue weighted by molar-refractivity contribution is 0.0614. The molecule has 18 heavy (non-hydrogen) atoms. The molecule has 0 atom stereocenters. The maximum atomic E-state index is 12.0. The van der Waals surface area contributed by atoms with Crippen molar-refractivity contribution < 1.29 is 4.79 Å². The topological polar surface area (TPSA) is 35.6 Å². The van der Waals surface area contributed by atoms with Gasteiger partial charge >= 0.3 is 6.03 Å². The molecule has 0 aromatic rings. The van der Waals surface area contributed by atoms with Gasteiger partial charge in [-0.15, -0.1) is 0 Å². The fraction of sp³-hybridized carbons (Fsp3) is 0.929.